The Hall–Kier alpha value is -11.5. The van der Waals surface area contributed by atoms with E-state index >= 15 is 0 Å². The minimum absolute atomic E-state index is 0.116. The summed E-state index contributed by atoms with van der Waals surface area (Å²) in [5.41, 5.74) is 19.2. The summed E-state index contributed by atoms with van der Waals surface area (Å²) in [7, 11) is 0. The summed E-state index contributed by atoms with van der Waals surface area (Å²) in [5, 5.41) is 72.6. The van der Waals surface area contributed by atoms with Crippen molar-refractivity contribution in [1.82, 2.24) is 78.8 Å². The molecular weight excluding hydrogens is 1480 g/mol. The van der Waals surface area contributed by atoms with Crippen LogP contribution in [0.15, 0.2) is 97.6 Å². The van der Waals surface area contributed by atoms with Crippen LogP contribution in [0.5, 0.6) is 5.75 Å². The number of aromatic hydroxyl groups is 1. The molecule has 6 rings (SSSR count). The molecule has 24 N–H and O–H groups in total. The van der Waals surface area contributed by atoms with Gasteiger partial charge in [0, 0.05) is 61.2 Å². The van der Waals surface area contributed by atoms with E-state index < -0.39 is 199 Å². The normalized spacial score (nSPS) is 24.0. The van der Waals surface area contributed by atoms with E-state index in [1.165, 1.54) is 36.8 Å². The number of nitrogens with zero attached hydrogens (tertiary/aromatic N) is 1. The minimum atomic E-state index is -1.98. The summed E-state index contributed by atoms with van der Waals surface area (Å²) in [6, 6.07) is 0.377. The number of benzene rings is 3. The highest BCUT2D eigenvalue weighted by atomic mass is 32.2. The number of nitrogens with two attached hydrogens (primary N) is 3. The van der Waals surface area contributed by atoms with Gasteiger partial charge in [-0.1, -0.05) is 94.8 Å². The summed E-state index contributed by atoms with van der Waals surface area (Å²) in [4.78, 5) is 221. The average Bonchev–Trinajstić information content (AvgIpc) is 1.61. The van der Waals surface area contributed by atoms with Gasteiger partial charge in [0.05, 0.1) is 38.1 Å². The predicted molar refractivity (Wildman–Crippen MR) is 407 cm³/mol. The van der Waals surface area contributed by atoms with E-state index in [0.717, 1.165) is 11.8 Å². The van der Waals surface area contributed by atoms with E-state index in [9.17, 15) is 92.3 Å². The lowest BCUT2D eigenvalue weighted by atomic mass is 9.96. The summed E-state index contributed by atoms with van der Waals surface area (Å²) in [6.45, 7) is 4.25. The fraction of sp³-hybridized carbons (Fsp3) is 0.486. The van der Waals surface area contributed by atoms with E-state index in [0.29, 0.717) is 40.4 Å². The smallest absolute Gasteiger partial charge is 0.327 e. The summed E-state index contributed by atoms with van der Waals surface area (Å²) in [6.07, 6.45) is 2.06. The Bertz CT molecular complexity index is 4060. The maximum Gasteiger partial charge on any atom is 0.327 e. The molecule has 13 atom stereocenters. The fourth-order valence-electron chi connectivity index (χ4n) is 12.0. The molecular formula is C74H102N18O19S. The van der Waals surface area contributed by atoms with Gasteiger partial charge in [0.15, 0.2) is 0 Å². The van der Waals surface area contributed by atoms with Crippen LogP contribution in [0.25, 0.3) is 10.9 Å². The number of nitrogens with one attached hydrogen (secondary N) is 14. The zero-order valence-electron chi connectivity index (χ0n) is 62.5. The summed E-state index contributed by atoms with van der Waals surface area (Å²) in [5.74, 6) is -17.8. The van der Waals surface area contributed by atoms with Crippen molar-refractivity contribution in [2.45, 2.75) is 184 Å². The van der Waals surface area contributed by atoms with Gasteiger partial charge >= 0.3 is 5.97 Å². The quantitative estimate of drug-likeness (QED) is 0.0296. The lowest BCUT2D eigenvalue weighted by Crippen LogP contribution is -2.62. The van der Waals surface area contributed by atoms with Gasteiger partial charge in [0.25, 0.3) is 0 Å². The number of aliphatic hydroxyl groups is 2. The number of thioether (sulfide) groups is 1. The zero-order valence-corrected chi connectivity index (χ0v) is 63.4. The van der Waals surface area contributed by atoms with Crippen LogP contribution in [0, 0.1) is 11.8 Å². The van der Waals surface area contributed by atoms with Crippen LogP contribution < -0.4 is 81.0 Å². The number of imidazole rings is 1. The number of phenols is 1. The Labute approximate surface area is 649 Å². The molecule has 0 bridgehead atoms. The zero-order chi connectivity index (χ0) is 82.1. The number of aromatic nitrogens is 3. The lowest BCUT2D eigenvalue weighted by molar-refractivity contribution is -0.141. The molecule has 0 saturated carbocycles. The number of para-hydroxylation sites is 1. The van der Waals surface area contributed by atoms with Crippen LogP contribution >= 0.6 is 11.8 Å². The predicted octanol–water partition coefficient (Wildman–Crippen LogP) is -3.75. The van der Waals surface area contributed by atoms with Crippen molar-refractivity contribution in [3.05, 3.63) is 120 Å². The van der Waals surface area contributed by atoms with Crippen LogP contribution in [0.1, 0.15) is 108 Å². The second-order valence-corrected chi connectivity index (χ2v) is 28.7. The minimum Gasteiger partial charge on any atom is -0.508 e. The van der Waals surface area contributed by atoms with Crippen LogP contribution in [0.4, 0.5) is 0 Å². The van der Waals surface area contributed by atoms with Gasteiger partial charge in [0.2, 0.25) is 82.7 Å². The highest BCUT2D eigenvalue weighted by Gasteiger charge is 2.39. The van der Waals surface area contributed by atoms with Gasteiger partial charge < -0.3 is 111 Å². The molecule has 0 unspecified atom stereocenters. The Morgan fingerprint density at radius 3 is 1.54 bits per heavy atom. The second-order valence-electron chi connectivity index (χ2n) is 27.5. The Morgan fingerprint density at radius 2 is 0.991 bits per heavy atom. The van der Waals surface area contributed by atoms with E-state index in [1.807, 2.05) is 0 Å². The number of carboxylic acid groups (broad SMARTS) is 1. The number of primary amides is 2. The number of phenolic OH excluding ortho intramolecular Hbond substituents is 1. The highest BCUT2D eigenvalue weighted by molar-refractivity contribution is 7.99. The molecule has 2 aromatic heterocycles. The Kier molecular flexibility index (Phi) is 35.9. The SMILES string of the molecule is CC[C@H](C)[C@@H]1NC(=O)[C@H](CC(N)=O)NC(=O)[C@H](CO)NC(=O)[C@H](Cc2ccccc2)NC(=O)[C@H](Cc2ccc(O)cc2)NC(=O)[C@H](CCCCN)NC(=O)[C@H](CC(N)=O)NC(=O)[C@H](CO)NC(=O)[C@H](C(C)C)NC(=O)CCCCSC[C@@H](C(=O)O)NC(=O)[C@H](Cc2c[nH]c3ccccc23)NC(=O)[C@H](Cc2c[nH]cn2)NC1=O. The number of H-pyrrole nitrogens is 2. The first-order chi connectivity index (χ1) is 53.4. The molecule has 1 fully saturated rings. The number of rotatable bonds is 22. The number of aromatic amines is 2. The Balaban J connectivity index is 1.38. The number of unbranched alkanes of at least 4 members (excludes halogenated alkanes) is 1. The molecule has 37 nitrogen and oxygen atoms in total. The van der Waals surface area contributed by atoms with Gasteiger partial charge in [-0.2, -0.15) is 11.8 Å². The lowest BCUT2D eigenvalue weighted by Gasteiger charge is -2.29. The summed E-state index contributed by atoms with van der Waals surface area (Å²) >= 11 is 1.12. The van der Waals surface area contributed by atoms with Crippen LogP contribution in [-0.4, -0.2) is 228 Å². The van der Waals surface area contributed by atoms with Gasteiger partial charge in [-0.05, 0) is 91.1 Å². The maximum atomic E-state index is 14.9. The number of hydrogen-bond donors (Lipinski definition) is 21. The van der Waals surface area contributed by atoms with Crippen LogP contribution in [-0.2, 0) is 97.6 Å². The molecule has 0 radical (unpaired) electrons. The third-order valence-electron chi connectivity index (χ3n) is 18.4. The third-order valence-corrected chi connectivity index (χ3v) is 19.6. The topological polar surface area (TPSA) is 604 Å². The monoisotopic (exact) mass is 1580 g/mol. The molecule has 1 saturated heterocycles. The van der Waals surface area contributed by atoms with E-state index in [4.69, 9.17) is 17.2 Å². The van der Waals surface area contributed by atoms with Gasteiger partial charge in [-0.25, -0.2) is 9.78 Å². The number of fused-ring (bicyclic) bond motifs is 1. The molecule has 0 aliphatic carbocycles. The Morgan fingerprint density at radius 1 is 0.518 bits per heavy atom. The fourth-order valence-corrected chi connectivity index (χ4v) is 13.0. The molecule has 1 aliphatic rings. The van der Waals surface area contributed by atoms with Gasteiger partial charge in [-0.3, -0.25) is 67.1 Å². The molecule has 14 amide bonds. The molecule has 5 aromatic rings. The largest absolute Gasteiger partial charge is 0.508 e. The number of amides is 14. The van der Waals surface area contributed by atoms with Crippen molar-refractivity contribution in [3.8, 4) is 5.75 Å². The number of aliphatic hydroxyl groups excluding tert-OH is 2. The van der Waals surface area contributed by atoms with E-state index in [1.54, 1.807) is 88.5 Å². The first kappa shape index (κ1) is 89.4. The first-order valence-electron chi connectivity index (χ1n) is 36.7. The molecule has 1 aliphatic heterocycles. The average molecular weight is 1580 g/mol. The van der Waals surface area contributed by atoms with Crippen molar-refractivity contribution in [3.63, 3.8) is 0 Å². The van der Waals surface area contributed by atoms with E-state index in [2.05, 4.69) is 78.8 Å². The molecule has 112 heavy (non-hydrogen) atoms. The van der Waals surface area contributed by atoms with Gasteiger partial charge in [-0.15, -0.1) is 0 Å². The van der Waals surface area contributed by atoms with Crippen LogP contribution in [0.2, 0.25) is 0 Å². The second kappa shape index (κ2) is 45.0. The van der Waals surface area contributed by atoms with Crippen molar-refractivity contribution in [2.24, 2.45) is 29.0 Å². The van der Waals surface area contributed by atoms with Crippen molar-refractivity contribution in [1.29, 1.82) is 0 Å². The number of carboxylic acids is 1. The van der Waals surface area contributed by atoms with Crippen molar-refractivity contribution >= 4 is 111 Å². The summed E-state index contributed by atoms with van der Waals surface area (Å²) < 4.78 is 0. The van der Waals surface area contributed by atoms with Crippen LogP contribution in [0.3, 0.4) is 0 Å². The molecule has 38 heteroatoms. The maximum absolute atomic E-state index is 14.9. The number of carbonyl (C=O) groups is 15. The number of carbonyl (C=O) groups excluding carboxylic acids is 14. The molecule has 3 aromatic carbocycles. The van der Waals surface area contributed by atoms with E-state index in [-0.39, 0.29) is 87.3 Å². The molecule has 0 spiro atoms. The third kappa shape index (κ3) is 28.4. The number of hydrogen-bond acceptors (Lipinski definition) is 21. The molecule has 3 heterocycles. The highest BCUT2D eigenvalue weighted by Crippen LogP contribution is 2.21. The molecule has 608 valence electrons. The van der Waals surface area contributed by atoms with Gasteiger partial charge in [0.1, 0.15) is 78.3 Å². The van der Waals surface area contributed by atoms with Crippen molar-refractivity contribution < 1.29 is 92.3 Å². The number of aliphatic carboxylic acids is 1. The standard InChI is InChI=1S/C74H102N18O19S/c1-5-40(4)62-73(109)87-52(30-44-34-78-38-80-44)67(103)84-51(29-43-33-79-47-18-10-9-17-46(43)47)66(102)90-57(74(110)111)37-112-26-14-12-20-60(98)91-61(39(2)3)72(108)89-56(36-94)71(107)85-53(31-58(76)96)68(104)81-48(19-11-13-25-75)63(99)82-50(28-42-21-23-45(95)24-22-42)64(100)83-49(27-41-15-7-6-8-16-41)65(101)88-55(35-93)70(106)86-54(32-59(77)97)69(105)92-62/h6-10,15-18,21-24,33-34,38-40,48-57,61-62,79,93-95H,5,11-14,19-20,25-32,35-37,75H2,1-4H3,(H2,76,96)(H2,77,97)(H,78,80)(H,81,104)(H,82,99)(H,83,100)(H,84,103)(H,85,107)(H,86,106)(H,87,109)(H,88,101)(H,89,108)(H,90,102)(H,91,98)(H,92,105)(H,110,111)/t40-,48-,49-,50-,51-,52-,53-,54-,55-,56-,57-,61-,62-/m0/s1. The first-order valence-corrected chi connectivity index (χ1v) is 37.8. The van der Waals surface area contributed by atoms with Crippen molar-refractivity contribution in [2.75, 3.05) is 31.3 Å².